The molecule has 0 aliphatic carbocycles. The van der Waals surface area contributed by atoms with Crippen LogP contribution in [-0.4, -0.2) is 12.1 Å². The van der Waals surface area contributed by atoms with E-state index in [1.807, 2.05) is 12.1 Å². The topological polar surface area (TPSA) is 97.9 Å². The molecule has 0 aliphatic rings. The van der Waals surface area contributed by atoms with Crippen LogP contribution in [0.15, 0.2) is 48.5 Å². The van der Waals surface area contributed by atoms with Gasteiger partial charge in [-0.2, -0.15) is 10.5 Å². The van der Waals surface area contributed by atoms with Gasteiger partial charge in [-0.25, -0.2) is 4.79 Å². The van der Waals surface area contributed by atoms with Crippen molar-refractivity contribution >= 4 is 11.7 Å². The molecule has 0 fully saturated rings. The second-order valence-corrected chi connectivity index (χ2v) is 5.13. The normalized spacial score (nSPS) is 10.8. The van der Waals surface area contributed by atoms with Crippen LogP contribution in [-0.2, 0) is 0 Å². The number of urea groups is 1. The average molecular weight is 320 g/mol. The third kappa shape index (κ3) is 5.04. The molecule has 6 heteroatoms. The Labute approximate surface area is 140 Å². The lowest BCUT2D eigenvalue weighted by Crippen LogP contribution is -2.35. The van der Waals surface area contributed by atoms with Crippen LogP contribution in [0, 0.1) is 22.7 Å². The minimum Gasteiger partial charge on any atom is -0.457 e. The molecule has 0 spiro atoms. The summed E-state index contributed by atoms with van der Waals surface area (Å²) in [7, 11) is 0. The number of anilines is 1. The fourth-order valence-corrected chi connectivity index (χ4v) is 1.95. The van der Waals surface area contributed by atoms with Crippen molar-refractivity contribution < 1.29 is 9.53 Å². The number of nitriles is 2. The van der Waals surface area contributed by atoms with Crippen LogP contribution in [0.3, 0.4) is 0 Å². The monoisotopic (exact) mass is 320 g/mol. The van der Waals surface area contributed by atoms with Gasteiger partial charge in [0, 0.05) is 17.8 Å². The number of benzene rings is 2. The molecular weight excluding hydrogens is 304 g/mol. The predicted molar refractivity (Wildman–Crippen MR) is 89.5 cm³/mol. The number of carbonyl (C=O) groups excluding carboxylic acids is 1. The first-order valence-corrected chi connectivity index (χ1v) is 7.33. The van der Waals surface area contributed by atoms with Crippen molar-refractivity contribution in [2.45, 2.75) is 19.4 Å². The Morgan fingerprint density at radius 3 is 2.58 bits per heavy atom. The maximum absolute atomic E-state index is 11.8. The Balaban J connectivity index is 1.99. The quantitative estimate of drug-likeness (QED) is 0.876. The average Bonchev–Trinajstić information content (AvgIpc) is 2.56. The molecule has 2 aromatic carbocycles. The van der Waals surface area contributed by atoms with E-state index in [1.54, 1.807) is 55.5 Å². The fourth-order valence-electron chi connectivity index (χ4n) is 1.95. The van der Waals surface area contributed by atoms with Crippen molar-refractivity contribution in [3.05, 3.63) is 54.1 Å². The molecule has 0 bridgehead atoms. The van der Waals surface area contributed by atoms with Crippen LogP contribution in [0.25, 0.3) is 0 Å². The SMILES string of the molecule is C[C@H](CC#N)NC(=O)Nc1cccc(Oc2ccc(C#N)cc2)c1. The van der Waals surface area contributed by atoms with Crippen LogP contribution in [0.4, 0.5) is 10.5 Å². The lowest BCUT2D eigenvalue weighted by Gasteiger charge is -2.12. The van der Waals surface area contributed by atoms with Crippen molar-refractivity contribution in [1.82, 2.24) is 5.32 Å². The summed E-state index contributed by atoms with van der Waals surface area (Å²) in [6, 6.07) is 17.1. The van der Waals surface area contributed by atoms with E-state index in [1.165, 1.54) is 0 Å². The van der Waals surface area contributed by atoms with Gasteiger partial charge in [0.05, 0.1) is 24.1 Å². The first kappa shape index (κ1) is 16.9. The molecule has 0 unspecified atom stereocenters. The number of hydrogen-bond acceptors (Lipinski definition) is 4. The molecule has 6 nitrogen and oxygen atoms in total. The Hall–Kier alpha value is -3.51. The summed E-state index contributed by atoms with van der Waals surface area (Å²) in [5.41, 5.74) is 1.13. The second kappa shape index (κ2) is 8.21. The third-order valence-electron chi connectivity index (χ3n) is 3.09. The highest BCUT2D eigenvalue weighted by Gasteiger charge is 2.07. The van der Waals surface area contributed by atoms with Crippen molar-refractivity contribution in [1.29, 1.82) is 10.5 Å². The Kier molecular flexibility index (Phi) is 5.76. The molecule has 1 atom stereocenters. The highest BCUT2D eigenvalue weighted by atomic mass is 16.5. The Bertz CT molecular complexity index is 788. The summed E-state index contributed by atoms with van der Waals surface area (Å²) >= 11 is 0. The van der Waals surface area contributed by atoms with Gasteiger partial charge in [-0.3, -0.25) is 0 Å². The van der Waals surface area contributed by atoms with E-state index < -0.39 is 0 Å². The van der Waals surface area contributed by atoms with E-state index in [0.717, 1.165) is 0 Å². The minimum atomic E-state index is -0.381. The summed E-state index contributed by atoms with van der Waals surface area (Å²) in [4.78, 5) is 11.8. The number of ether oxygens (including phenoxy) is 1. The van der Waals surface area contributed by atoms with Gasteiger partial charge in [0.15, 0.2) is 0 Å². The van der Waals surface area contributed by atoms with Crippen molar-refractivity contribution in [3.63, 3.8) is 0 Å². The fraction of sp³-hybridized carbons (Fsp3) is 0.167. The van der Waals surface area contributed by atoms with Crippen LogP contribution in [0.5, 0.6) is 11.5 Å². The van der Waals surface area contributed by atoms with Gasteiger partial charge in [-0.15, -0.1) is 0 Å². The lowest BCUT2D eigenvalue weighted by molar-refractivity contribution is 0.249. The Morgan fingerprint density at radius 1 is 1.17 bits per heavy atom. The number of nitrogens with zero attached hydrogens (tertiary/aromatic N) is 2. The minimum absolute atomic E-state index is 0.229. The van der Waals surface area contributed by atoms with E-state index in [0.29, 0.717) is 22.7 Å². The van der Waals surface area contributed by atoms with Crippen LogP contribution < -0.4 is 15.4 Å². The molecule has 120 valence electrons. The molecule has 0 aromatic heterocycles. The largest absolute Gasteiger partial charge is 0.457 e. The highest BCUT2D eigenvalue weighted by Crippen LogP contribution is 2.24. The molecule has 0 saturated heterocycles. The molecule has 0 radical (unpaired) electrons. The number of carbonyl (C=O) groups is 1. The molecule has 24 heavy (non-hydrogen) atoms. The van der Waals surface area contributed by atoms with Crippen molar-refractivity contribution in [2.75, 3.05) is 5.32 Å². The Morgan fingerprint density at radius 2 is 1.92 bits per heavy atom. The van der Waals surface area contributed by atoms with E-state index in [-0.39, 0.29) is 18.5 Å². The van der Waals surface area contributed by atoms with Crippen LogP contribution >= 0.6 is 0 Å². The van der Waals surface area contributed by atoms with E-state index >= 15 is 0 Å². The molecule has 0 saturated carbocycles. The van der Waals surface area contributed by atoms with Gasteiger partial charge in [-0.1, -0.05) is 6.07 Å². The van der Waals surface area contributed by atoms with Gasteiger partial charge in [0.25, 0.3) is 0 Å². The highest BCUT2D eigenvalue weighted by molar-refractivity contribution is 5.89. The van der Waals surface area contributed by atoms with Gasteiger partial charge in [0.2, 0.25) is 0 Å². The summed E-state index contributed by atoms with van der Waals surface area (Å²) in [5.74, 6) is 1.15. The van der Waals surface area contributed by atoms with Crippen LogP contribution in [0.1, 0.15) is 18.9 Å². The maximum Gasteiger partial charge on any atom is 0.319 e. The number of amides is 2. The van der Waals surface area contributed by atoms with E-state index in [9.17, 15) is 4.79 Å². The zero-order valence-electron chi connectivity index (χ0n) is 13.1. The molecule has 2 rings (SSSR count). The molecule has 2 N–H and O–H groups in total. The number of rotatable bonds is 5. The lowest BCUT2D eigenvalue weighted by atomic mass is 10.2. The predicted octanol–water partition coefficient (Wildman–Crippen LogP) is 3.77. The molecular formula is C18H16N4O2. The first-order chi connectivity index (χ1) is 11.6. The zero-order valence-corrected chi connectivity index (χ0v) is 13.1. The molecule has 0 aliphatic heterocycles. The van der Waals surface area contributed by atoms with Crippen LogP contribution in [0.2, 0.25) is 0 Å². The first-order valence-electron chi connectivity index (χ1n) is 7.33. The summed E-state index contributed by atoms with van der Waals surface area (Å²) < 4.78 is 5.70. The second-order valence-electron chi connectivity index (χ2n) is 5.13. The van der Waals surface area contributed by atoms with E-state index in [4.69, 9.17) is 15.3 Å². The number of nitrogens with one attached hydrogen (secondary N) is 2. The van der Waals surface area contributed by atoms with Gasteiger partial charge < -0.3 is 15.4 Å². The summed E-state index contributed by atoms with van der Waals surface area (Å²) in [5, 5.41) is 22.7. The summed E-state index contributed by atoms with van der Waals surface area (Å²) in [6.45, 7) is 1.76. The number of hydrogen-bond donors (Lipinski definition) is 2. The molecule has 2 amide bonds. The van der Waals surface area contributed by atoms with Crippen molar-refractivity contribution in [2.24, 2.45) is 0 Å². The smallest absolute Gasteiger partial charge is 0.319 e. The molecule has 0 heterocycles. The zero-order chi connectivity index (χ0) is 17.4. The van der Waals surface area contributed by atoms with Crippen molar-refractivity contribution in [3.8, 4) is 23.6 Å². The van der Waals surface area contributed by atoms with Gasteiger partial charge in [0.1, 0.15) is 11.5 Å². The maximum atomic E-state index is 11.8. The van der Waals surface area contributed by atoms with Gasteiger partial charge in [-0.05, 0) is 43.3 Å². The third-order valence-corrected chi connectivity index (χ3v) is 3.09. The van der Waals surface area contributed by atoms with Gasteiger partial charge >= 0.3 is 6.03 Å². The summed E-state index contributed by atoms with van der Waals surface area (Å²) in [6.07, 6.45) is 0.245. The van der Waals surface area contributed by atoms with E-state index in [2.05, 4.69) is 10.6 Å². The standard InChI is InChI=1S/C18H16N4O2/c1-13(9-10-19)21-18(23)22-15-3-2-4-17(11-15)24-16-7-5-14(12-20)6-8-16/h2-8,11,13H,9H2,1H3,(H2,21,22,23)/t13-/m1/s1. The molecule has 2 aromatic rings.